The van der Waals surface area contributed by atoms with Crippen molar-refractivity contribution in [1.29, 1.82) is 0 Å². The SMILES string of the molecule is CO[SiH](OC=CC1CCCCC1)C(C)C. The molecule has 88 valence electrons. The molecule has 1 rings (SSSR count). The van der Waals surface area contributed by atoms with Crippen LogP contribution in [0.4, 0.5) is 0 Å². The van der Waals surface area contributed by atoms with Crippen LogP contribution in [0, 0.1) is 5.92 Å². The second-order valence-corrected chi connectivity index (χ2v) is 7.52. The summed E-state index contributed by atoms with van der Waals surface area (Å²) in [5.41, 5.74) is 0.533. The smallest absolute Gasteiger partial charge is 0.384 e. The Morgan fingerprint density at radius 1 is 1.20 bits per heavy atom. The second kappa shape index (κ2) is 7.07. The molecule has 1 fully saturated rings. The Hall–Kier alpha value is -0.283. The Morgan fingerprint density at radius 3 is 2.40 bits per heavy atom. The molecule has 0 saturated heterocycles. The molecule has 1 unspecified atom stereocenters. The van der Waals surface area contributed by atoms with Gasteiger partial charge in [0.05, 0.1) is 6.26 Å². The first-order chi connectivity index (χ1) is 7.24. The number of allylic oxidation sites excluding steroid dienone is 1. The van der Waals surface area contributed by atoms with Crippen molar-refractivity contribution in [2.75, 3.05) is 7.11 Å². The minimum absolute atomic E-state index is 0.533. The van der Waals surface area contributed by atoms with Crippen molar-refractivity contribution in [2.45, 2.75) is 51.5 Å². The van der Waals surface area contributed by atoms with E-state index in [0.717, 1.165) is 5.92 Å². The Bertz CT molecular complexity index is 186. The van der Waals surface area contributed by atoms with Gasteiger partial charge in [-0.05, 0) is 24.8 Å². The maximum Gasteiger partial charge on any atom is 0.384 e. The van der Waals surface area contributed by atoms with Crippen LogP contribution in [-0.2, 0) is 8.85 Å². The third-order valence-corrected chi connectivity index (χ3v) is 4.97. The highest BCUT2D eigenvalue weighted by Gasteiger charge is 2.16. The maximum atomic E-state index is 5.69. The fourth-order valence-corrected chi connectivity index (χ4v) is 3.26. The van der Waals surface area contributed by atoms with Crippen LogP contribution >= 0.6 is 0 Å². The summed E-state index contributed by atoms with van der Waals surface area (Å²) in [5, 5.41) is 0. The van der Waals surface area contributed by atoms with Crippen molar-refractivity contribution in [3.63, 3.8) is 0 Å². The first-order valence-corrected chi connectivity index (χ1v) is 7.70. The second-order valence-electron chi connectivity index (χ2n) is 4.71. The largest absolute Gasteiger partial charge is 0.529 e. The third-order valence-electron chi connectivity index (χ3n) is 2.99. The van der Waals surface area contributed by atoms with E-state index in [0.29, 0.717) is 5.54 Å². The highest BCUT2D eigenvalue weighted by molar-refractivity contribution is 6.46. The van der Waals surface area contributed by atoms with Gasteiger partial charge < -0.3 is 8.85 Å². The summed E-state index contributed by atoms with van der Waals surface area (Å²) in [6, 6.07) is 0. The van der Waals surface area contributed by atoms with Crippen molar-refractivity contribution >= 4 is 9.28 Å². The van der Waals surface area contributed by atoms with E-state index < -0.39 is 9.28 Å². The van der Waals surface area contributed by atoms with Crippen LogP contribution in [0.15, 0.2) is 12.3 Å². The van der Waals surface area contributed by atoms with Gasteiger partial charge in [0, 0.05) is 12.7 Å². The highest BCUT2D eigenvalue weighted by Crippen LogP contribution is 2.24. The average molecular weight is 228 g/mol. The van der Waals surface area contributed by atoms with Crippen LogP contribution in [0.1, 0.15) is 46.0 Å². The van der Waals surface area contributed by atoms with E-state index in [4.69, 9.17) is 8.85 Å². The van der Waals surface area contributed by atoms with Crippen LogP contribution in [0.3, 0.4) is 0 Å². The normalized spacial score (nSPS) is 21.1. The minimum atomic E-state index is -1.44. The van der Waals surface area contributed by atoms with Crippen LogP contribution in [-0.4, -0.2) is 16.4 Å². The zero-order valence-electron chi connectivity index (χ0n) is 10.2. The lowest BCUT2D eigenvalue weighted by atomic mass is 9.89. The summed E-state index contributed by atoms with van der Waals surface area (Å²) >= 11 is 0. The standard InChI is InChI=1S/C12H24O2Si/c1-11(2)15(13-3)14-10-9-12-7-5-4-6-8-12/h9-12,15H,4-8H2,1-3H3. The van der Waals surface area contributed by atoms with Gasteiger partial charge in [0.2, 0.25) is 0 Å². The van der Waals surface area contributed by atoms with E-state index in [9.17, 15) is 0 Å². The van der Waals surface area contributed by atoms with E-state index in [1.807, 2.05) is 6.26 Å². The molecule has 0 aliphatic heterocycles. The van der Waals surface area contributed by atoms with E-state index >= 15 is 0 Å². The lowest BCUT2D eigenvalue weighted by molar-refractivity contribution is 0.293. The Morgan fingerprint density at radius 2 is 1.87 bits per heavy atom. The Labute approximate surface area is 95.5 Å². The molecule has 0 radical (unpaired) electrons. The monoisotopic (exact) mass is 228 g/mol. The van der Waals surface area contributed by atoms with Crippen molar-refractivity contribution < 1.29 is 8.85 Å². The summed E-state index contributed by atoms with van der Waals surface area (Å²) in [6.07, 6.45) is 11.0. The lowest BCUT2D eigenvalue weighted by Gasteiger charge is -2.19. The van der Waals surface area contributed by atoms with Crippen LogP contribution in [0.2, 0.25) is 5.54 Å². The van der Waals surface area contributed by atoms with Gasteiger partial charge >= 0.3 is 9.28 Å². The zero-order valence-corrected chi connectivity index (χ0v) is 11.4. The molecule has 1 aliphatic rings. The van der Waals surface area contributed by atoms with Gasteiger partial charge in [-0.3, -0.25) is 0 Å². The van der Waals surface area contributed by atoms with Crippen LogP contribution in [0.5, 0.6) is 0 Å². The van der Waals surface area contributed by atoms with Gasteiger partial charge in [-0.15, -0.1) is 0 Å². The molecule has 0 aromatic heterocycles. The van der Waals surface area contributed by atoms with E-state index in [1.54, 1.807) is 7.11 Å². The highest BCUT2D eigenvalue weighted by atomic mass is 28.3. The van der Waals surface area contributed by atoms with E-state index in [-0.39, 0.29) is 0 Å². The zero-order chi connectivity index (χ0) is 11.1. The predicted octanol–water partition coefficient (Wildman–Crippen LogP) is 3.37. The Kier molecular flexibility index (Phi) is 6.02. The molecule has 1 aliphatic carbocycles. The molecule has 0 N–H and O–H groups in total. The molecule has 2 nitrogen and oxygen atoms in total. The molecule has 15 heavy (non-hydrogen) atoms. The quantitative estimate of drug-likeness (QED) is 0.530. The molecule has 0 aromatic carbocycles. The van der Waals surface area contributed by atoms with E-state index in [1.165, 1.54) is 32.1 Å². The minimum Gasteiger partial charge on any atom is -0.529 e. The van der Waals surface area contributed by atoms with Gasteiger partial charge in [0.25, 0.3) is 0 Å². The molecular formula is C12H24O2Si. The van der Waals surface area contributed by atoms with Crippen molar-refractivity contribution in [1.82, 2.24) is 0 Å². The molecule has 0 amide bonds. The fraction of sp³-hybridized carbons (Fsp3) is 0.833. The molecule has 0 aromatic rings. The summed E-state index contributed by atoms with van der Waals surface area (Å²) in [5.74, 6) is 0.748. The van der Waals surface area contributed by atoms with E-state index in [2.05, 4.69) is 19.9 Å². The van der Waals surface area contributed by atoms with Crippen LogP contribution in [0.25, 0.3) is 0 Å². The number of hydrogen-bond acceptors (Lipinski definition) is 2. The first-order valence-electron chi connectivity index (χ1n) is 6.09. The van der Waals surface area contributed by atoms with Crippen LogP contribution < -0.4 is 0 Å². The molecule has 0 spiro atoms. The molecule has 1 saturated carbocycles. The maximum absolute atomic E-state index is 5.69. The Balaban J connectivity index is 2.24. The summed E-state index contributed by atoms with van der Waals surface area (Å²) < 4.78 is 11.1. The van der Waals surface area contributed by atoms with Gasteiger partial charge in [-0.2, -0.15) is 0 Å². The summed E-state index contributed by atoms with van der Waals surface area (Å²) in [6.45, 7) is 4.32. The molecule has 0 heterocycles. The first kappa shape index (κ1) is 12.8. The fourth-order valence-electron chi connectivity index (χ4n) is 2.05. The van der Waals surface area contributed by atoms with Crippen molar-refractivity contribution in [3.05, 3.63) is 12.3 Å². The average Bonchev–Trinajstić information content (AvgIpc) is 2.25. The third kappa shape index (κ3) is 4.84. The van der Waals surface area contributed by atoms with Gasteiger partial charge in [0.15, 0.2) is 0 Å². The molecule has 3 heteroatoms. The van der Waals surface area contributed by atoms with Crippen molar-refractivity contribution in [2.24, 2.45) is 5.92 Å². The van der Waals surface area contributed by atoms with Gasteiger partial charge in [-0.1, -0.05) is 33.1 Å². The molecular weight excluding hydrogens is 204 g/mol. The molecule has 1 atom stereocenters. The van der Waals surface area contributed by atoms with Gasteiger partial charge in [0.1, 0.15) is 0 Å². The summed E-state index contributed by atoms with van der Waals surface area (Å²) in [7, 11) is 0.310. The summed E-state index contributed by atoms with van der Waals surface area (Å²) in [4.78, 5) is 0. The number of hydrogen-bond donors (Lipinski definition) is 0. The predicted molar refractivity (Wildman–Crippen MR) is 66.1 cm³/mol. The van der Waals surface area contributed by atoms with Gasteiger partial charge in [-0.25, -0.2) is 0 Å². The molecule has 0 bridgehead atoms. The lowest BCUT2D eigenvalue weighted by Crippen LogP contribution is -2.22. The van der Waals surface area contributed by atoms with Crippen molar-refractivity contribution in [3.8, 4) is 0 Å². The topological polar surface area (TPSA) is 18.5 Å². The number of rotatable bonds is 5.